The van der Waals surface area contributed by atoms with E-state index < -0.39 is 0 Å². The number of Topliss-reactive ketones (excluding diaryl/α,β-unsaturated/α-hetero) is 1. The molecule has 1 aromatic carbocycles. The Bertz CT molecular complexity index is 491. The van der Waals surface area contributed by atoms with Gasteiger partial charge in [-0.05, 0) is 29.8 Å². The zero-order valence-electron chi connectivity index (χ0n) is 9.59. The minimum Gasteiger partial charge on any atom is -0.497 e. The molecule has 17 heavy (non-hydrogen) atoms. The van der Waals surface area contributed by atoms with Crippen LogP contribution in [0, 0.1) is 0 Å². The molecule has 0 spiro atoms. The topological polar surface area (TPSA) is 39.2 Å². The SMILES string of the molecule is COc1ccc(CC(=O)c2cccnc2)cc1. The average molecular weight is 227 g/mol. The van der Waals surface area contributed by atoms with Crippen LogP contribution in [0.2, 0.25) is 0 Å². The molecule has 0 N–H and O–H groups in total. The third-order valence-corrected chi connectivity index (χ3v) is 2.51. The Balaban J connectivity index is 2.08. The third-order valence-electron chi connectivity index (χ3n) is 2.51. The predicted molar refractivity (Wildman–Crippen MR) is 65.3 cm³/mol. The van der Waals surface area contributed by atoms with Gasteiger partial charge in [0.05, 0.1) is 7.11 Å². The first-order valence-corrected chi connectivity index (χ1v) is 5.36. The summed E-state index contributed by atoms with van der Waals surface area (Å²) in [7, 11) is 1.62. The molecule has 0 aliphatic carbocycles. The number of aromatic nitrogens is 1. The molecular weight excluding hydrogens is 214 g/mol. The van der Waals surface area contributed by atoms with Crippen molar-refractivity contribution in [1.29, 1.82) is 0 Å². The standard InChI is InChI=1S/C14H13NO2/c1-17-13-6-4-11(5-7-13)9-14(16)12-3-2-8-15-10-12/h2-8,10H,9H2,1H3. The summed E-state index contributed by atoms with van der Waals surface area (Å²) in [6.07, 6.45) is 3.63. The summed E-state index contributed by atoms with van der Waals surface area (Å²) in [5, 5.41) is 0. The number of benzene rings is 1. The van der Waals surface area contributed by atoms with Crippen LogP contribution in [0.5, 0.6) is 5.75 Å². The summed E-state index contributed by atoms with van der Waals surface area (Å²) in [6, 6.07) is 11.0. The number of rotatable bonds is 4. The van der Waals surface area contributed by atoms with Gasteiger partial charge in [0, 0.05) is 24.4 Å². The minimum atomic E-state index is 0.0725. The number of ketones is 1. The number of pyridine rings is 1. The van der Waals surface area contributed by atoms with Gasteiger partial charge < -0.3 is 4.74 Å². The van der Waals surface area contributed by atoms with Crippen LogP contribution in [0.4, 0.5) is 0 Å². The van der Waals surface area contributed by atoms with Crippen molar-refractivity contribution in [3.63, 3.8) is 0 Å². The lowest BCUT2D eigenvalue weighted by Crippen LogP contribution is -2.03. The maximum atomic E-state index is 11.9. The van der Waals surface area contributed by atoms with Gasteiger partial charge in [0.15, 0.2) is 5.78 Å². The fourth-order valence-corrected chi connectivity index (χ4v) is 1.56. The summed E-state index contributed by atoms with van der Waals surface area (Å²) in [6.45, 7) is 0. The molecule has 0 radical (unpaired) electrons. The number of hydrogen-bond acceptors (Lipinski definition) is 3. The first kappa shape index (κ1) is 11.3. The van der Waals surface area contributed by atoms with E-state index >= 15 is 0 Å². The lowest BCUT2D eigenvalue weighted by molar-refractivity contribution is 0.0992. The summed E-state index contributed by atoms with van der Waals surface area (Å²) in [5.74, 6) is 0.867. The molecule has 0 saturated carbocycles. The highest BCUT2D eigenvalue weighted by atomic mass is 16.5. The van der Waals surface area contributed by atoms with Crippen LogP contribution < -0.4 is 4.74 Å². The van der Waals surface area contributed by atoms with Gasteiger partial charge in [-0.3, -0.25) is 9.78 Å². The number of hydrogen-bond donors (Lipinski definition) is 0. The largest absolute Gasteiger partial charge is 0.497 e. The number of nitrogens with zero attached hydrogens (tertiary/aromatic N) is 1. The summed E-state index contributed by atoms with van der Waals surface area (Å²) in [5.41, 5.74) is 1.61. The van der Waals surface area contributed by atoms with Crippen LogP contribution >= 0.6 is 0 Å². The number of ether oxygens (including phenoxy) is 1. The fraction of sp³-hybridized carbons (Fsp3) is 0.143. The Morgan fingerprint density at radius 3 is 2.59 bits per heavy atom. The first-order valence-electron chi connectivity index (χ1n) is 5.36. The second kappa shape index (κ2) is 5.25. The van der Waals surface area contributed by atoms with Gasteiger partial charge in [0.1, 0.15) is 5.75 Å². The van der Waals surface area contributed by atoms with E-state index in [0.717, 1.165) is 11.3 Å². The molecule has 0 aliphatic rings. The lowest BCUT2D eigenvalue weighted by atomic mass is 10.0. The Morgan fingerprint density at radius 1 is 1.24 bits per heavy atom. The van der Waals surface area contributed by atoms with Gasteiger partial charge in [-0.2, -0.15) is 0 Å². The fourth-order valence-electron chi connectivity index (χ4n) is 1.56. The van der Waals surface area contributed by atoms with Crippen molar-refractivity contribution in [3.8, 4) is 5.75 Å². The number of carbonyl (C=O) groups is 1. The van der Waals surface area contributed by atoms with Crippen molar-refractivity contribution in [3.05, 3.63) is 59.9 Å². The third kappa shape index (κ3) is 2.91. The summed E-state index contributed by atoms with van der Waals surface area (Å²) in [4.78, 5) is 15.8. The van der Waals surface area contributed by atoms with Crippen LogP contribution in [-0.2, 0) is 6.42 Å². The average Bonchev–Trinajstić information content (AvgIpc) is 2.40. The second-order valence-corrected chi connectivity index (χ2v) is 3.69. The van der Waals surface area contributed by atoms with Gasteiger partial charge in [0.25, 0.3) is 0 Å². The Hall–Kier alpha value is -2.16. The van der Waals surface area contributed by atoms with E-state index in [2.05, 4.69) is 4.98 Å². The predicted octanol–water partition coefficient (Wildman–Crippen LogP) is 2.52. The Morgan fingerprint density at radius 2 is 2.00 bits per heavy atom. The maximum Gasteiger partial charge on any atom is 0.168 e. The monoisotopic (exact) mass is 227 g/mol. The molecule has 1 heterocycles. The molecule has 0 saturated heterocycles. The van der Waals surface area contributed by atoms with Gasteiger partial charge in [-0.25, -0.2) is 0 Å². The van der Waals surface area contributed by atoms with Crippen LogP contribution in [0.1, 0.15) is 15.9 Å². The zero-order valence-corrected chi connectivity index (χ0v) is 9.59. The van der Waals surface area contributed by atoms with Crippen molar-refractivity contribution in [2.45, 2.75) is 6.42 Å². The highest BCUT2D eigenvalue weighted by molar-refractivity contribution is 5.97. The summed E-state index contributed by atoms with van der Waals surface area (Å²) >= 11 is 0. The Labute approximate surface area is 100 Å². The zero-order chi connectivity index (χ0) is 12.1. The van der Waals surface area contributed by atoms with E-state index in [4.69, 9.17) is 4.74 Å². The van der Waals surface area contributed by atoms with E-state index in [9.17, 15) is 4.79 Å². The van der Waals surface area contributed by atoms with E-state index in [0.29, 0.717) is 12.0 Å². The van der Waals surface area contributed by atoms with Gasteiger partial charge in [-0.1, -0.05) is 12.1 Å². The molecule has 0 amide bonds. The molecule has 0 bridgehead atoms. The van der Waals surface area contributed by atoms with Crippen molar-refractivity contribution in [2.24, 2.45) is 0 Å². The van der Waals surface area contributed by atoms with Gasteiger partial charge in [0.2, 0.25) is 0 Å². The van der Waals surface area contributed by atoms with E-state index in [1.165, 1.54) is 0 Å². The molecule has 3 heteroatoms. The highest BCUT2D eigenvalue weighted by Crippen LogP contribution is 2.13. The maximum absolute atomic E-state index is 11.9. The molecule has 0 fully saturated rings. The van der Waals surface area contributed by atoms with Crippen LogP contribution in [-0.4, -0.2) is 17.9 Å². The minimum absolute atomic E-state index is 0.0725. The second-order valence-electron chi connectivity index (χ2n) is 3.69. The molecule has 0 unspecified atom stereocenters. The molecular formula is C14H13NO2. The van der Waals surface area contributed by atoms with Crippen molar-refractivity contribution in [1.82, 2.24) is 4.98 Å². The van der Waals surface area contributed by atoms with Crippen LogP contribution in [0.25, 0.3) is 0 Å². The van der Waals surface area contributed by atoms with Crippen molar-refractivity contribution >= 4 is 5.78 Å². The molecule has 1 aromatic heterocycles. The highest BCUT2D eigenvalue weighted by Gasteiger charge is 2.06. The van der Waals surface area contributed by atoms with E-state index in [-0.39, 0.29) is 5.78 Å². The lowest BCUT2D eigenvalue weighted by Gasteiger charge is -2.03. The number of methoxy groups -OCH3 is 1. The van der Waals surface area contributed by atoms with Crippen LogP contribution in [0.15, 0.2) is 48.8 Å². The first-order chi connectivity index (χ1) is 8.29. The quantitative estimate of drug-likeness (QED) is 0.753. The van der Waals surface area contributed by atoms with Crippen molar-refractivity contribution < 1.29 is 9.53 Å². The van der Waals surface area contributed by atoms with E-state index in [1.807, 2.05) is 24.3 Å². The number of carbonyl (C=O) groups excluding carboxylic acids is 1. The molecule has 2 rings (SSSR count). The molecule has 2 aromatic rings. The molecule has 86 valence electrons. The van der Waals surface area contributed by atoms with Crippen molar-refractivity contribution in [2.75, 3.05) is 7.11 Å². The summed E-state index contributed by atoms with van der Waals surface area (Å²) < 4.78 is 5.06. The van der Waals surface area contributed by atoms with E-state index in [1.54, 1.807) is 31.6 Å². The normalized spacial score (nSPS) is 9.94. The van der Waals surface area contributed by atoms with Gasteiger partial charge in [-0.15, -0.1) is 0 Å². The molecule has 0 atom stereocenters. The van der Waals surface area contributed by atoms with Crippen LogP contribution in [0.3, 0.4) is 0 Å². The Kier molecular flexibility index (Phi) is 3.50. The molecule has 3 nitrogen and oxygen atoms in total. The van der Waals surface area contributed by atoms with Gasteiger partial charge >= 0.3 is 0 Å². The smallest absolute Gasteiger partial charge is 0.168 e. The molecule has 0 aliphatic heterocycles.